The molecule has 4 heterocycles. The third-order valence-electron chi connectivity index (χ3n) is 6.28. The van der Waals surface area contributed by atoms with Crippen LogP contribution in [0.4, 0.5) is 0 Å². The average molecular weight is 503 g/mol. The van der Waals surface area contributed by atoms with Crippen LogP contribution >= 0.6 is 23.2 Å². The molecule has 1 aromatic carbocycles. The van der Waals surface area contributed by atoms with Gasteiger partial charge in [-0.1, -0.05) is 37.0 Å². The number of carbonyl (C=O) groups excluding carboxylic acids is 2. The second kappa shape index (κ2) is 8.70. The van der Waals surface area contributed by atoms with Crippen molar-refractivity contribution in [3.63, 3.8) is 0 Å². The summed E-state index contributed by atoms with van der Waals surface area (Å²) in [6, 6.07) is 4.77. The molecule has 2 aromatic heterocycles. The first-order valence-corrected chi connectivity index (χ1v) is 11.9. The van der Waals surface area contributed by atoms with Gasteiger partial charge in [0.15, 0.2) is 0 Å². The van der Waals surface area contributed by atoms with Gasteiger partial charge in [0.25, 0.3) is 11.8 Å². The van der Waals surface area contributed by atoms with E-state index in [1.165, 1.54) is 0 Å². The number of nitrogens with zero attached hydrogens (tertiary/aromatic N) is 6. The van der Waals surface area contributed by atoms with Crippen molar-refractivity contribution in [2.75, 3.05) is 6.54 Å². The van der Waals surface area contributed by atoms with Gasteiger partial charge >= 0.3 is 0 Å². The van der Waals surface area contributed by atoms with Gasteiger partial charge in [-0.05, 0) is 25.1 Å². The standard InChI is InChI=1S/C23H24Cl2N6O3/c1-12(2)21-27-26-19(34-21)11-29-6-7-31-20(23(29)33)15-10-30(13(3)8-18(15)28-31)22(32)14-4-5-16(24)17(25)9-14/h4-5,9,12-13H,6-8,10-11H2,1-3H3/t13-/m1/s1. The van der Waals surface area contributed by atoms with Crippen LogP contribution < -0.4 is 0 Å². The molecule has 34 heavy (non-hydrogen) atoms. The Labute approximate surface area is 206 Å². The third kappa shape index (κ3) is 3.96. The number of rotatable bonds is 4. The van der Waals surface area contributed by atoms with Crippen molar-refractivity contribution in [1.82, 2.24) is 29.8 Å². The molecule has 0 aliphatic carbocycles. The smallest absolute Gasteiger partial charge is 0.273 e. The predicted octanol–water partition coefficient (Wildman–Crippen LogP) is 3.94. The van der Waals surface area contributed by atoms with Crippen molar-refractivity contribution in [3.05, 3.63) is 62.5 Å². The second-order valence-electron chi connectivity index (χ2n) is 9.03. The van der Waals surface area contributed by atoms with Crippen molar-refractivity contribution in [2.24, 2.45) is 0 Å². The fraction of sp³-hybridized carbons (Fsp3) is 0.435. The number of hydrogen-bond donors (Lipinski definition) is 0. The lowest BCUT2D eigenvalue weighted by Gasteiger charge is -2.34. The molecule has 2 amide bonds. The minimum absolute atomic E-state index is 0.0783. The van der Waals surface area contributed by atoms with Crippen LogP contribution in [0.2, 0.25) is 10.0 Å². The van der Waals surface area contributed by atoms with Crippen LogP contribution in [0.25, 0.3) is 0 Å². The molecule has 0 N–H and O–H groups in total. The van der Waals surface area contributed by atoms with Crippen molar-refractivity contribution < 1.29 is 14.0 Å². The summed E-state index contributed by atoms with van der Waals surface area (Å²) in [5, 5.41) is 13.6. The Bertz CT molecular complexity index is 1280. The number of halogens is 2. The van der Waals surface area contributed by atoms with E-state index in [2.05, 4.69) is 10.2 Å². The zero-order chi connectivity index (χ0) is 24.1. The van der Waals surface area contributed by atoms with Gasteiger partial charge in [0.2, 0.25) is 11.8 Å². The highest BCUT2D eigenvalue weighted by Gasteiger charge is 2.37. The normalized spacial score (nSPS) is 17.8. The molecule has 3 aromatic rings. The molecule has 0 bridgehead atoms. The number of aromatic nitrogens is 4. The molecule has 0 spiro atoms. The van der Waals surface area contributed by atoms with Gasteiger partial charge < -0.3 is 14.2 Å². The highest BCUT2D eigenvalue weighted by Crippen LogP contribution is 2.31. The van der Waals surface area contributed by atoms with Crippen LogP contribution in [-0.4, -0.2) is 54.2 Å². The Morgan fingerprint density at radius 2 is 2.00 bits per heavy atom. The maximum absolute atomic E-state index is 13.4. The summed E-state index contributed by atoms with van der Waals surface area (Å²) in [5.41, 5.74) is 2.62. The van der Waals surface area contributed by atoms with Gasteiger partial charge in [-0.25, -0.2) is 0 Å². The lowest BCUT2D eigenvalue weighted by atomic mass is 9.97. The largest absolute Gasteiger partial charge is 0.423 e. The zero-order valence-corrected chi connectivity index (χ0v) is 20.6. The minimum atomic E-state index is -0.163. The van der Waals surface area contributed by atoms with Crippen LogP contribution in [-0.2, 0) is 26.1 Å². The first kappa shape index (κ1) is 22.9. The van der Waals surface area contributed by atoms with E-state index in [4.69, 9.17) is 32.7 Å². The lowest BCUT2D eigenvalue weighted by molar-refractivity contribution is 0.0631. The van der Waals surface area contributed by atoms with E-state index < -0.39 is 0 Å². The average Bonchev–Trinajstić information content (AvgIpc) is 3.41. The molecular weight excluding hydrogens is 479 g/mol. The maximum atomic E-state index is 13.4. The number of carbonyl (C=O) groups is 2. The number of fused-ring (bicyclic) bond motifs is 3. The molecule has 0 saturated heterocycles. The SMILES string of the molecule is CC(C)c1nnc(CN2CCn3nc4c(c3C2=O)CN(C(=O)c2ccc(Cl)c(Cl)c2)[C@H](C)C4)o1. The Balaban J connectivity index is 1.40. The summed E-state index contributed by atoms with van der Waals surface area (Å²) >= 11 is 12.1. The summed E-state index contributed by atoms with van der Waals surface area (Å²) in [6.07, 6.45) is 0.567. The van der Waals surface area contributed by atoms with E-state index in [0.717, 1.165) is 11.3 Å². The van der Waals surface area contributed by atoms with Crippen molar-refractivity contribution in [1.29, 1.82) is 0 Å². The highest BCUT2D eigenvalue weighted by atomic mass is 35.5. The van der Waals surface area contributed by atoms with Crippen LogP contribution in [0, 0.1) is 0 Å². The number of amides is 2. The summed E-state index contributed by atoms with van der Waals surface area (Å²) in [5.74, 6) is 0.758. The van der Waals surface area contributed by atoms with E-state index >= 15 is 0 Å². The van der Waals surface area contributed by atoms with E-state index in [1.54, 1.807) is 32.7 Å². The first-order valence-electron chi connectivity index (χ1n) is 11.2. The molecule has 0 saturated carbocycles. The molecule has 0 radical (unpaired) electrons. The molecule has 0 unspecified atom stereocenters. The van der Waals surface area contributed by atoms with E-state index in [-0.39, 0.29) is 30.3 Å². The Morgan fingerprint density at radius 1 is 1.21 bits per heavy atom. The van der Waals surface area contributed by atoms with Crippen molar-refractivity contribution in [3.8, 4) is 0 Å². The number of benzene rings is 1. The topological polar surface area (TPSA) is 97.4 Å². The molecular formula is C23H24Cl2N6O3. The van der Waals surface area contributed by atoms with Gasteiger partial charge in [0.05, 0.1) is 35.4 Å². The van der Waals surface area contributed by atoms with Crippen LogP contribution in [0.3, 0.4) is 0 Å². The van der Waals surface area contributed by atoms with Crippen molar-refractivity contribution >= 4 is 35.0 Å². The third-order valence-corrected chi connectivity index (χ3v) is 7.02. The molecule has 9 nitrogen and oxygen atoms in total. The molecule has 11 heteroatoms. The van der Waals surface area contributed by atoms with E-state index in [0.29, 0.717) is 59.1 Å². The van der Waals surface area contributed by atoms with Gasteiger partial charge in [0.1, 0.15) is 5.69 Å². The van der Waals surface area contributed by atoms with Gasteiger partial charge in [-0.15, -0.1) is 10.2 Å². The summed E-state index contributed by atoms with van der Waals surface area (Å²) < 4.78 is 7.46. The quantitative estimate of drug-likeness (QED) is 0.535. The molecule has 5 rings (SSSR count). The van der Waals surface area contributed by atoms with E-state index in [1.807, 2.05) is 20.8 Å². The molecule has 2 aliphatic rings. The summed E-state index contributed by atoms with van der Waals surface area (Å²) in [4.78, 5) is 30.2. The van der Waals surface area contributed by atoms with Crippen LogP contribution in [0.5, 0.6) is 0 Å². The monoisotopic (exact) mass is 502 g/mol. The summed E-state index contributed by atoms with van der Waals surface area (Å²) in [7, 11) is 0. The van der Waals surface area contributed by atoms with Gasteiger partial charge in [0, 0.05) is 36.1 Å². The molecule has 178 valence electrons. The molecule has 2 aliphatic heterocycles. The Kier molecular flexibility index (Phi) is 5.85. The predicted molar refractivity (Wildman–Crippen MR) is 125 cm³/mol. The highest BCUT2D eigenvalue weighted by molar-refractivity contribution is 6.42. The zero-order valence-electron chi connectivity index (χ0n) is 19.1. The van der Waals surface area contributed by atoms with Gasteiger partial charge in [-0.3, -0.25) is 14.3 Å². The van der Waals surface area contributed by atoms with Crippen LogP contribution in [0.1, 0.15) is 70.6 Å². The molecule has 0 fully saturated rings. The number of hydrogen-bond acceptors (Lipinski definition) is 6. The fourth-order valence-corrected chi connectivity index (χ4v) is 4.71. The lowest BCUT2D eigenvalue weighted by Crippen LogP contribution is -2.44. The van der Waals surface area contributed by atoms with Crippen molar-refractivity contribution in [2.45, 2.75) is 58.8 Å². The summed E-state index contributed by atoms with van der Waals surface area (Å²) in [6.45, 7) is 7.51. The molecule has 1 atom stereocenters. The fourth-order valence-electron chi connectivity index (χ4n) is 4.41. The van der Waals surface area contributed by atoms with Gasteiger partial charge in [-0.2, -0.15) is 5.10 Å². The Morgan fingerprint density at radius 3 is 2.71 bits per heavy atom. The maximum Gasteiger partial charge on any atom is 0.273 e. The first-order chi connectivity index (χ1) is 16.2. The second-order valence-corrected chi connectivity index (χ2v) is 9.84. The van der Waals surface area contributed by atoms with Crippen LogP contribution in [0.15, 0.2) is 22.6 Å². The minimum Gasteiger partial charge on any atom is -0.423 e. The van der Waals surface area contributed by atoms with E-state index in [9.17, 15) is 9.59 Å². The Hall–Kier alpha value is -2.91.